The fourth-order valence-electron chi connectivity index (χ4n) is 2.83. The summed E-state index contributed by atoms with van der Waals surface area (Å²) in [6, 6.07) is 4.96. The first-order chi connectivity index (χ1) is 12.9. The highest BCUT2D eigenvalue weighted by atomic mass is 16.7. The van der Waals surface area contributed by atoms with Gasteiger partial charge in [0, 0.05) is 11.5 Å². The molecule has 1 unspecified atom stereocenters. The van der Waals surface area contributed by atoms with E-state index in [-0.39, 0.29) is 28.6 Å². The van der Waals surface area contributed by atoms with Crippen molar-refractivity contribution in [3.05, 3.63) is 28.6 Å². The fourth-order valence-corrected chi connectivity index (χ4v) is 2.83. The lowest BCUT2D eigenvalue weighted by Crippen LogP contribution is -2.36. The molecule has 7 heteroatoms. The zero-order valence-corrected chi connectivity index (χ0v) is 15.9. The second-order valence-corrected chi connectivity index (χ2v) is 7.35. The number of benzene rings is 1. The van der Waals surface area contributed by atoms with Gasteiger partial charge in [-0.1, -0.05) is 27.2 Å². The molecular weight excluding hydrogens is 352 g/mol. The van der Waals surface area contributed by atoms with Gasteiger partial charge < -0.3 is 28.5 Å². The van der Waals surface area contributed by atoms with Gasteiger partial charge in [-0.05, 0) is 18.6 Å². The normalized spacial score (nSPS) is 17.4. The van der Waals surface area contributed by atoms with Crippen LogP contribution >= 0.6 is 0 Å². The Balaban J connectivity index is 1.77. The van der Waals surface area contributed by atoms with E-state index in [9.17, 15) is 9.90 Å². The summed E-state index contributed by atoms with van der Waals surface area (Å²) in [4.78, 5) is 12.1. The zero-order chi connectivity index (χ0) is 19.4. The van der Waals surface area contributed by atoms with Crippen molar-refractivity contribution in [3.8, 4) is 17.2 Å². The number of unbranched alkanes of at least 4 members (excludes halogenated alkanes) is 1. The van der Waals surface area contributed by atoms with E-state index < -0.39 is 5.63 Å². The van der Waals surface area contributed by atoms with Gasteiger partial charge in [-0.3, -0.25) is 0 Å². The lowest BCUT2D eigenvalue weighted by molar-refractivity contribution is -0.0140. The Morgan fingerprint density at radius 2 is 2.11 bits per heavy atom. The summed E-state index contributed by atoms with van der Waals surface area (Å²) < 4.78 is 27.4. The van der Waals surface area contributed by atoms with Crippen molar-refractivity contribution < 1.29 is 28.5 Å². The third-order valence-electron chi connectivity index (χ3n) is 4.66. The lowest BCUT2D eigenvalue weighted by Gasteiger charge is -2.29. The van der Waals surface area contributed by atoms with Crippen molar-refractivity contribution in [1.82, 2.24) is 0 Å². The molecule has 3 rings (SSSR count). The smallest absolute Gasteiger partial charge is 0.383 e. The van der Waals surface area contributed by atoms with Crippen molar-refractivity contribution in [1.29, 1.82) is 0 Å². The van der Waals surface area contributed by atoms with Crippen LogP contribution in [0.25, 0.3) is 11.0 Å². The van der Waals surface area contributed by atoms with Crippen molar-refractivity contribution >= 4 is 11.0 Å². The maximum absolute atomic E-state index is 12.1. The van der Waals surface area contributed by atoms with Crippen LogP contribution in [-0.2, 0) is 9.47 Å². The summed E-state index contributed by atoms with van der Waals surface area (Å²) in [5.74, 6) is 0.182. The summed E-state index contributed by atoms with van der Waals surface area (Å²) in [5.41, 5.74) is -0.702. The van der Waals surface area contributed by atoms with Crippen molar-refractivity contribution in [3.63, 3.8) is 0 Å². The SMILES string of the molecule is CCCCOc1c(O)c2ccc(OCC(C)(C)C3COCO3)cc2oc1=O. The highest BCUT2D eigenvalue weighted by Gasteiger charge is 2.34. The van der Waals surface area contributed by atoms with E-state index in [0.29, 0.717) is 37.7 Å². The van der Waals surface area contributed by atoms with E-state index in [4.69, 9.17) is 23.4 Å². The first-order valence-corrected chi connectivity index (χ1v) is 9.17. The second-order valence-electron chi connectivity index (χ2n) is 7.35. The molecule has 0 radical (unpaired) electrons. The van der Waals surface area contributed by atoms with E-state index >= 15 is 0 Å². The third kappa shape index (κ3) is 4.36. The van der Waals surface area contributed by atoms with E-state index in [0.717, 1.165) is 12.8 Å². The molecule has 1 fully saturated rings. The van der Waals surface area contributed by atoms with E-state index in [1.807, 2.05) is 20.8 Å². The molecule has 1 aliphatic heterocycles. The van der Waals surface area contributed by atoms with Gasteiger partial charge in [0.05, 0.1) is 31.3 Å². The van der Waals surface area contributed by atoms with Crippen LogP contribution in [0.15, 0.2) is 27.4 Å². The fraction of sp³-hybridized carbons (Fsp3) is 0.550. The van der Waals surface area contributed by atoms with Crippen LogP contribution < -0.4 is 15.1 Å². The summed E-state index contributed by atoms with van der Waals surface area (Å²) >= 11 is 0. The highest BCUT2D eigenvalue weighted by molar-refractivity contribution is 5.86. The molecule has 0 spiro atoms. The minimum atomic E-state index is -0.704. The Morgan fingerprint density at radius 1 is 1.30 bits per heavy atom. The van der Waals surface area contributed by atoms with E-state index in [2.05, 4.69) is 0 Å². The molecule has 2 heterocycles. The first kappa shape index (κ1) is 19.5. The Morgan fingerprint density at radius 3 is 2.81 bits per heavy atom. The van der Waals surface area contributed by atoms with Crippen LogP contribution in [0.2, 0.25) is 0 Å². The largest absolute Gasteiger partial charge is 0.504 e. The van der Waals surface area contributed by atoms with Crippen LogP contribution in [0, 0.1) is 5.41 Å². The van der Waals surface area contributed by atoms with Gasteiger partial charge in [0.2, 0.25) is 5.75 Å². The Labute approximate surface area is 157 Å². The number of aromatic hydroxyl groups is 1. The Kier molecular flexibility index (Phi) is 5.92. The molecule has 1 saturated heterocycles. The Bertz CT molecular complexity index is 834. The van der Waals surface area contributed by atoms with Gasteiger partial charge in [0.25, 0.3) is 0 Å². The third-order valence-corrected chi connectivity index (χ3v) is 4.66. The second kappa shape index (κ2) is 8.19. The molecule has 0 amide bonds. The van der Waals surface area contributed by atoms with Crippen molar-refractivity contribution in [2.24, 2.45) is 5.41 Å². The highest BCUT2D eigenvalue weighted by Crippen LogP contribution is 2.34. The van der Waals surface area contributed by atoms with Gasteiger partial charge in [-0.25, -0.2) is 4.79 Å². The molecule has 1 atom stereocenters. The van der Waals surface area contributed by atoms with Crippen molar-refractivity contribution in [2.45, 2.75) is 39.7 Å². The Hall–Kier alpha value is -2.25. The molecule has 1 aliphatic rings. The number of fused-ring (bicyclic) bond motifs is 1. The molecule has 1 aromatic heterocycles. The first-order valence-electron chi connectivity index (χ1n) is 9.17. The maximum atomic E-state index is 12.1. The molecule has 1 aromatic carbocycles. The lowest BCUT2D eigenvalue weighted by atomic mass is 9.88. The monoisotopic (exact) mass is 378 g/mol. The van der Waals surface area contributed by atoms with Gasteiger partial charge in [0.1, 0.15) is 18.1 Å². The summed E-state index contributed by atoms with van der Waals surface area (Å²) in [6.07, 6.45) is 1.67. The maximum Gasteiger partial charge on any atom is 0.383 e. The predicted octanol–water partition coefficient (Wildman–Crippen LogP) is 3.46. The van der Waals surface area contributed by atoms with Gasteiger partial charge in [0.15, 0.2) is 5.75 Å². The molecule has 0 saturated carbocycles. The van der Waals surface area contributed by atoms with E-state index in [1.165, 1.54) is 0 Å². The number of hydrogen-bond donors (Lipinski definition) is 1. The van der Waals surface area contributed by atoms with Crippen molar-refractivity contribution in [2.75, 3.05) is 26.6 Å². The zero-order valence-electron chi connectivity index (χ0n) is 15.9. The quantitative estimate of drug-likeness (QED) is 0.556. The van der Waals surface area contributed by atoms with E-state index in [1.54, 1.807) is 18.2 Å². The van der Waals surface area contributed by atoms with Crippen LogP contribution in [0.4, 0.5) is 0 Å². The molecule has 27 heavy (non-hydrogen) atoms. The van der Waals surface area contributed by atoms with Crippen LogP contribution in [0.5, 0.6) is 17.2 Å². The predicted molar refractivity (Wildman–Crippen MR) is 99.5 cm³/mol. The van der Waals surface area contributed by atoms with Gasteiger partial charge in [-0.2, -0.15) is 0 Å². The summed E-state index contributed by atoms with van der Waals surface area (Å²) in [6.45, 7) is 7.69. The molecule has 0 aliphatic carbocycles. The molecular formula is C20H26O7. The number of ether oxygens (including phenoxy) is 4. The molecule has 2 aromatic rings. The van der Waals surface area contributed by atoms with Crippen LogP contribution in [-0.4, -0.2) is 37.8 Å². The van der Waals surface area contributed by atoms with Gasteiger partial charge >= 0.3 is 5.63 Å². The summed E-state index contributed by atoms with van der Waals surface area (Å²) in [7, 11) is 0. The topological polar surface area (TPSA) is 87.4 Å². The average molecular weight is 378 g/mol. The minimum Gasteiger partial charge on any atom is -0.504 e. The number of hydrogen-bond acceptors (Lipinski definition) is 7. The molecule has 7 nitrogen and oxygen atoms in total. The van der Waals surface area contributed by atoms with Gasteiger partial charge in [-0.15, -0.1) is 0 Å². The molecule has 1 N–H and O–H groups in total. The molecule has 0 bridgehead atoms. The summed E-state index contributed by atoms with van der Waals surface area (Å²) in [5, 5.41) is 10.8. The van der Waals surface area contributed by atoms with Crippen LogP contribution in [0.1, 0.15) is 33.6 Å². The molecule has 148 valence electrons. The minimum absolute atomic E-state index is 0.0391. The average Bonchev–Trinajstić information content (AvgIpc) is 3.18. The standard InChI is InChI=1S/C20H26O7/c1-4-5-8-24-18-17(21)14-7-6-13(9-15(14)27-19(18)22)25-11-20(2,3)16-10-23-12-26-16/h6-7,9,16,21H,4-5,8,10-12H2,1-3H3. The number of rotatable bonds is 8. The van der Waals surface area contributed by atoms with Crippen LogP contribution in [0.3, 0.4) is 0 Å².